The van der Waals surface area contributed by atoms with Crippen molar-refractivity contribution in [1.82, 2.24) is 5.32 Å². The second-order valence-electron chi connectivity index (χ2n) is 6.67. The third-order valence-electron chi connectivity index (χ3n) is 4.51. The number of carbonyl (C=O) groups excluding carboxylic acids is 1. The van der Waals surface area contributed by atoms with Gasteiger partial charge in [0.25, 0.3) is 0 Å². The van der Waals surface area contributed by atoms with Crippen LogP contribution in [0.3, 0.4) is 0 Å². The predicted octanol–water partition coefficient (Wildman–Crippen LogP) is 3.16. The van der Waals surface area contributed by atoms with Crippen molar-refractivity contribution in [2.75, 3.05) is 6.54 Å². The standard InChI is InChI=1S/C17H26N2O.ClH/c1-16(2,14-8-4-3-5-9-14)12-15(20)19-17(13-18)10-6-7-11-17;/h3-5,8-9H,6-7,10-13,18H2,1-2H3,(H,19,20);1H. The van der Waals surface area contributed by atoms with Crippen molar-refractivity contribution in [3.05, 3.63) is 35.9 Å². The summed E-state index contributed by atoms with van der Waals surface area (Å²) in [5, 5.41) is 3.20. The Morgan fingerprint density at radius 2 is 1.81 bits per heavy atom. The van der Waals surface area contributed by atoms with E-state index in [0.717, 1.165) is 12.8 Å². The topological polar surface area (TPSA) is 55.1 Å². The molecule has 1 aromatic rings. The van der Waals surface area contributed by atoms with Gasteiger partial charge in [0.05, 0.1) is 5.54 Å². The molecule has 118 valence electrons. The molecule has 2 rings (SSSR count). The molecule has 0 atom stereocenters. The molecule has 21 heavy (non-hydrogen) atoms. The molecule has 0 spiro atoms. The normalized spacial score (nSPS) is 17.1. The summed E-state index contributed by atoms with van der Waals surface area (Å²) >= 11 is 0. The fraction of sp³-hybridized carbons (Fsp3) is 0.588. The van der Waals surface area contributed by atoms with Crippen LogP contribution in [0.2, 0.25) is 0 Å². The third kappa shape index (κ3) is 4.45. The van der Waals surface area contributed by atoms with E-state index < -0.39 is 0 Å². The maximum Gasteiger partial charge on any atom is 0.221 e. The Bertz CT molecular complexity index is 453. The van der Waals surface area contributed by atoms with Crippen molar-refractivity contribution in [2.24, 2.45) is 5.73 Å². The number of hydrogen-bond donors (Lipinski definition) is 2. The first kappa shape index (κ1) is 18.0. The van der Waals surface area contributed by atoms with Gasteiger partial charge in [0.2, 0.25) is 5.91 Å². The van der Waals surface area contributed by atoms with Crippen LogP contribution in [0.5, 0.6) is 0 Å². The number of amides is 1. The van der Waals surface area contributed by atoms with Crippen molar-refractivity contribution in [1.29, 1.82) is 0 Å². The Balaban J connectivity index is 0.00000220. The Hall–Kier alpha value is -1.06. The zero-order valence-corrected chi connectivity index (χ0v) is 13.8. The molecule has 0 aromatic heterocycles. The number of benzene rings is 1. The summed E-state index contributed by atoms with van der Waals surface area (Å²) in [6.07, 6.45) is 4.86. The maximum atomic E-state index is 12.4. The Labute approximate surface area is 134 Å². The number of hydrogen-bond acceptors (Lipinski definition) is 2. The summed E-state index contributed by atoms with van der Waals surface area (Å²) in [6.45, 7) is 4.78. The molecule has 1 fully saturated rings. The van der Waals surface area contributed by atoms with Crippen molar-refractivity contribution in [2.45, 2.75) is 56.9 Å². The van der Waals surface area contributed by atoms with Crippen LogP contribution in [-0.4, -0.2) is 18.0 Å². The average molecular weight is 311 g/mol. The van der Waals surface area contributed by atoms with Crippen LogP contribution in [0.4, 0.5) is 0 Å². The lowest BCUT2D eigenvalue weighted by Crippen LogP contribution is -2.52. The maximum absolute atomic E-state index is 12.4. The first-order valence-corrected chi connectivity index (χ1v) is 7.54. The van der Waals surface area contributed by atoms with Gasteiger partial charge in [-0.05, 0) is 23.8 Å². The van der Waals surface area contributed by atoms with Gasteiger partial charge in [-0.3, -0.25) is 4.79 Å². The number of nitrogens with one attached hydrogen (secondary N) is 1. The molecule has 0 aliphatic heterocycles. The van der Waals surface area contributed by atoms with E-state index in [1.54, 1.807) is 0 Å². The van der Waals surface area contributed by atoms with Crippen molar-refractivity contribution >= 4 is 18.3 Å². The van der Waals surface area contributed by atoms with Gasteiger partial charge in [-0.1, -0.05) is 57.0 Å². The van der Waals surface area contributed by atoms with Crippen LogP contribution < -0.4 is 11.1 Å². The van der Waals surface area contributed by atoms with E-state index in [1.165, 1.54) is 18.4 Å². The molecule has 1 aliphatic carbocycles. The average Bonchev–Trinajstić information content (AvgIpc) is 2.88. The quantitative estimate of drug-likeness (QED) is 0.877. The lowest BCUT2D eigenvalue weighted by molar-refractivity contribution is -0.124. The fourth-order valence-electron chi connectivity index (χ4n) is 3.16. The van der Waals surface area contributed by atoms with Crippen LogP contribution in [0.1, 0.15) is 51.5 Å². The van der Waals surface area contributed by atoms with Crippen molar-refractivity contribution in [3.8, 4) is 0 Å². The zero-order valence-electron chi connectivity index (χ0n) is 13.0. The van der Waals surface area contributed by atoms with Crippen LogP contribution in [-0.2, 0) is 10.2 Å². The van der Waals surface area contributed by atoms with Crippen molar-refractivity contribution < 1.29 is 4.79 Å². The minimum absolute atomic E-state index is 0. The van der Waals surface area contributed by atoms with Gasteiger partial charge in [-0.15, -0.1) is 12.4 Å². The molecule has 3 nitrogen and oxygen atoms in total. The Kier molecular flexibility index (Phi) is 6.24. The molecule has 1 aromatic carbocycles. The number of nitrogens with two attached hydrogens (primary N) is 1. The Morgan fingerprint density at radius 3 is 2.33 bits per heavy atom. The molecule has 1 saturated carbocycles. The molecule has 0 saturated heterocycles. The minimum atomic E-state index is -0.153. The monoisotopic (exact) mass is 310 g/mol. The molecule has 0 unspecified atom stereocenters. The van der Waals surface area contributed by atoms with E-state index in [-0.39, 0.29) is 29.3 Å². The van der Waals surface area contributed by atoms with Gasteiger partial charge in [0, 0.05) is 13.0 Å². The highest BCUT2D eigenvalue weighted by molar-refractivity contribution is 5.85. The number of carbonyl (C=O) groups is 1. The van der Waals surface area contributed by atoms with Gasteiger partial charge < -0.3 is 11.1 Å². The molecular weight excluding hydrogens is 284 g/mol. The molecule has 0 bridgehead atoms. The summed E-state index contributed by atoms with van der Waals surface area (Å²) < 4.78 is 0. The van der Waals surface area contributed by atoms with E-state index >= 15 is 0 Å². The number of rotatable bonds is 5. The predicted molar refractivity (Wildman–Crippen MR) is 89.7 cm³/mol. The van der Waals surface area contributed by atoms with Crippen LogP contribution in [0.15, 0.2) is 30.3 Å². The molecule has 1 amide bonds. The van der Waals surface area contributed by atoms with Crippen LogP contribution >= 0.6 is 12.4 Å². The van der Waals surface area contributed by atoms with Gasteiger partial charge in [-0.2, -0.15) is 0 Å². The molecular formula is C17H27ClN2O. The van der Waals surface area contributed by atoms with Crippen molar-refractivity contribution in [3.63, 3.8) is 0 Å². The molecule has 3 N–H and O–H groups in total. The molecule has 0 heterocycles. The van der Waals surface area contributed by atoms with E-state index in [9.17, 15) is 4.79 Å². The number of halogens is 1. The highest BCUT2D eigenvalue weighted by Crippen LogP contribution is 2.31. The first-order valence-electron chi connectivity index (χ1n) is 7.54. The van der Waals surface area contributed by atoms with Crippen LogP contribution in [0.25, 0.3) is 0 Å². The summed E-state index contributed by atoms with van der Waals surface area (Å²) in [5.74, 6) is 0.117. The lowest BCUT2D eigenvalue weighted by Gasteiger charge is -2.31. The van der Waals surface area contributed by atoms with E-state index in [2.05, 4.69) is 31.3 Å². The van der Waals surface area contributed by atoms with E-state index in [4.69, 9.17) is 5.73 Å². The molecule has 1 aliphatic rings. The van der Waals surface area contributed by atoms with Gasteiger partial charge >= 0.3 is 0 Å². The Morgan fingerprint density at radius 1 is 1.24 bits per heavy atom. The highest BCUT2D eigenvalue weighted by atomic mass is 35.5. The van der Waals surface area contributed by atoms with Gasteiger partial charge in [0.15, 0.2) is 0 Å². The largest absolute Gasteiger partial charge is 0.349 e. The summed E-state index contributed by atoms with van der Waals surface area (Å²) in [4.78, 5) is 12.4. The fourth-order valence-corrected chi connectivity index (χ4v) is 3.16. The zero-order chi connectivity index (χ0) is 14.6. The molecule has 4 heteroatoms. The van der Waals surface area contributed by atoms with Gasteiger partial charge in [-0.25, -0.2) is 0 Å². The SMILES string of the molecule is CC(C)(CC(=O)NC1(CN)CCCC1)c1ccccc1.Cl. The lowest BCUT2D eigenvalue weighted by atomic mass is 9.81. The summed E-state index contributed by atoms with van der Waals surface area (Å²) in [6, 6.07) is 10.2. The van der Waals surface area contributed by atoms with E-state index in [0.29, 0.717) is 13.0 Å². The minimum Gasteiger partial charge on any atom is -0.349 e. The van der Waals surface area contributed by atoms with E-state index in [1.807, 2.05) is 18.2 Å². The summed E-state index contributed by atoms with van der Waals surface area (Å²) in [7, 11) is 0. The van der Waals surface area contributed by atoms with Crippen LogP contribution in [0, 0.1) is 0 Å². The molecule has 0 radical (unpaired) electrons. The first-order chi connectivity index (χ1) is 9.47. The smallest absolute Gasteiger partial charge is 0.221 e. The third-order valence-corrected chi connectivity index (χ3v) is 4.51. The second-order valence-corrected chi connectivity index (χ2v) is 6.67. The summed E-state index contributed by atoms with van der Waals surface area (Å²) in [5.41, 5.74) is 6.77. The van der Waals surface area contributed by atoms with Gasteiger partial charge in [0.1, 0.15) is 0 Å². The second kappa shape index (κ2) is 7.28. The highest BCUT2D eigenvalue weighted by Gasteiger charge is 2.35.